The number of esters is 1. The second kappa shape index (κ2) is 6.71. The van der Waals surface area contributed by atoms with Gasteiger partial charge in [-0.15, -0.1) is 0 Å². The van der Waals surface area contributed by atoms with Gasteiger partial charge in [-0.3, -0.25) is 4.79 Å². The molecule has 0 aliphatic heterocycles. The third-order valence-electron chi connectivity index (χ3n) is 3.46. The van der Waals surface area contributed by atoms with Gasteiger partial charge in [-0.1, -0.05) is 32.0 Å². The lowest BCUT2D eigenvalue weighted by molar-refractivity contribution is -0.154. The molecule has 1 rings (SSSR count). The van der Waals surface area contributed by atoms with Crippen LogP contribution < -0.4 is 0 Å². The lowest BCUT2D eigenvalue weighted by Crippen LogP contribution is -2.29. The lowest BCUT2D eigenvalue weighted by Gasteiger charge is -2.27. The highest BCUT2D eigenvalue weighted by Crippen LogP contribution is 2.33. The summed E-state index contributed by atoms with van der Waals surface area (Å²) in [5, 5.41) is 10.6. The number of aryl methyl sites for hydroxylation is 2. The number of benzene rings is 1. The summed E-state index contributed by atoms with van der Waals surface area (Å²) in [6.07, 6.45) is -0.819. The number of aliphatic hydroxyl groups excluding tert-OH is 1. The summed E-state index contributed by atoms with van der Waals surface area (Å²) in [6, 6.07) is 5.86. The molecule has 0 radical (unpaired) electrons. The fourth-order valence-electron chi connectivity index (χ4n) is 2.48. The summed E-state index contributed by atoms with van der Waals surface area (Å²) in [6.45, 7) is 9.88. The van der Waals surface area contributed by atoms with Gasteiger partial charge in [-0.25, -0.2) is 0 Å². The highest BCUT2D eigenvalue weighted by Gasteiger charge is 2.33. The molecule has 3 heteroatoms. The minimum atomic E-state index is -0.819. The Morgan fingerprint density at radius 2 is 1.79 bits per heavy atom. The number of hydrogen-bond donors (Lipinski definition) is 1. The average molecular weight is 264 g/mol. The van der Waals surface area contributed by atoms with E-state index in [9.17, 15) is 9.90 Å². The van der Waals surface area contributed by atoms with E-state index in [1.54, 1.807) is 6.92 Å². The number of carbonyl (C=O) groups excluding carboxylic acids is 1. The number of hydrogen-bond acceptors (Lipinski definition) is 3. The molecule has 0 bridgehead atoms. The highest BCUT2D eigenvalue weighted by molar-refractivity contribution is 5.74. The summed E-state index contributed by atoms with van der Waals surface area (Å²) < 4.78 is 5.09. The molecule has 1 N–H and O–H groups in total. The van der Waals surface area contributed by atoms with Crippen LogP contribution in [-0.4, -0.2) is 17.7 Å². The molecule has 19 heavy (non-hydrogen) atoms. The van der Waals surface area contributed by atoms with Crippen molar-refractivity contribution in [3.8, 4) is 0 Å². The monoisotopic (exact) mass is 264 g/mol. The quantitative estimate of drug-likeness (QED) is 0.831. The molecule has 0 heterocycles. The van der Waals surface area contributed by atoms with Gasteiger partial charge < -0.3 is 9.84 Å². The van der Waals surface area contributed by atoms with Gasteiger partial charge in [-0.05, 0) is 43.4 Å². The van der Waals surface area contributed by atoms with Gasteiger partial charge in [0.05, 0.1) is 18.6 Å². The van der Waals surface area contributed by atoms with E-state index in [0.717, 1.165) is 16.7 Å². The van der Waals surface area contributed by atoms with Crippen LogP contribution in [0.5, 0.6) is 0 Å². The molecule has 0 spiro atoms. The van der Waals surface area contributed by atoms with Crippen LogP contribution in [-0.2, 0) is 9.53 Å². The third kappa shape index (κ3) is 3.57. The number of ether oxygens (including phenoxy) is 1. The van der Waals surface area contributed by atoms with Crippen LogP contribution in [0.3, 0.4) is 0 Å². The van der Waals surface area contributed by atoms with E-state index in [1.165, 1.54) is 0 Å². The summed E-state index contributed by atoms with van der Waals surface area (Å²) in [4.78, 5) is 12.0. The molecule has 0 aromatic heterocycles. The molecule has 0 saturated carbocycles. The van der Waals surface area contributed by atoms with Crippen LogP contribution in [0.4, 0.5) is 0 Å². The Hall–Kier alpha value is -1.35. The van der Waals surface area contributed by atoms with Gasteiger partial charge in [0.2, 0.25) is 0 Å². The molecule has 0 fully saturated rings. The maximum Gasteiger partial charge on any atom is 0.312 e. The maximum absolute atomic E-state index is 12.0. The normalized spacial score (nSPS) is 14.3. The fourth-order valence-corrected chi connectivity index (χ4v) is 2.48. The standard InChI is InChI=1S/C16H24O3/c1-6-19-16(18)13(10(2)3)15(17)14-11(4)8-7-9-12(14)5/h7-10,13,15,17H,6H2,1-5H3. The number of rotatable bonds is 5. The van der Waals surface area contributed by atoms with Gasteiger partial charge >= 0.3 is 5.97 Å². The molecule has 0 saturated heterocycles. The lowest BCUT2D eigenvalue weighted by atomic mass is 9.83. The van der Waals surface area contributed by atoms with Crippen LogP contribution in [0.2, 0.25) is 0 Å². The van der Waals surface area contributed by atoms with E-state index < -0.39 is 12.0 Å². The summed E-state index contributed by atoms with van der Waals surface area (Å²) in [5.74, 6) is -0.833. The zero-order chi connectivity index (χ0) is 14.6. The Morgan fingerprint density at radius 3 is 2.21 bits per heavy atom. The predicted molar refractivity (Wildman–Crippen MR) is 75.8 cm³/mol. The molecule has 2 unspecified atom stereocenters. The third-order valence-corrected chi connectivity index (χ3v) is 3.46. The SMILES string of the molecule is CCOC(=O)C(C(C)C)C(O)c1c(C)cccc1C. The van der Waals surface area contributed by atoms with Gasteiger partial charge in [0.15, 0.2) is 0 Å². The van der Waals surface area contributed by atoms with Crippen molar-refractivity contribution < 1.29 is 14.6 Å². The second-order valence-corrected chi connectivity index (χ2v) is 5.27. The largest absolute Gasteiger partial charge is 0.466 e. The Kier molecular flexibility index (Phi) is 5.55. The van der Waals surface area contributed by atoms with Gasteiger partial charge in [-0.2, -0.15) is 0 Å². The first-order valence-corrected chi connectivity index (χ1v) is 6.80. The van der Waals surface area contributed by atoms with Crippen molar-refractivity contribution in [1.82, 2.24) is 0 Å². The molecule has 2 atom stereocenters. The molecule has 1 aromatic carbocycles. The highest BCUT2D eigenvalue weighted by atomic mass is 16.5. The Balaban J connectivity index is 3.13. The van der Waals surface area contributed by atoms with Crippen molar-refractivity contribution in [3.63, 3.8) is 0 Å². The van der Waals surface area contributed by atoms with Crippen molar-refractivity contribution in [2.45, 2.75) is 40.7 Å². The van der Waals surface area contributed by atoms with Crippen LogP contribution in [0.15, 0.2) is 18.2 Å². The number of carbonyl (C=O) groups is 1. The molecule has 3 nitrogen and oxygen atoms in total. The van der Waals surface area contributed by atoms with Crippen molar-refractivity contribution in [2.24, 2.45) is 11.8 Å². The smallest absolute Gasteiger partial charge is 0.312 e. The average Bonchev–Trinajstić information content (AvgIpc) is 2.28. The van der Waals surface area contributed by atoms with Crippen LogP contribution >= 0.6 is 0 Å². The van der Waals surface area contributed by atoms with Crippen molar-refractivity contribution in [2.75, 3.05) is 6.61 Å². The van der Waals surface area contributed by atoms with E-state index in [1.807, 2.05) is 45.9 Å². The zero-order valence-electron chi connectivity index (χ0n) is 12.4. The molecule has 0 aliphatic rings. The van der Waals surface area contributed by atoms with Crippen molar-refractivity contribution >= 4 is 5.97 Å². The molecule has 1 aromatic rings. The minimum absolute atomic E-state index is 0.0213. The van der Waals surface area contributed by atoms with Crippen LogP contribution in [0.25, 0.3) is 0 Å². The van der Waals surface area contributed by atoms with Gasteiger partial charge in [0, 0.05) is 0 Å². The van der Waals surface area contributed by atoms with Gasteiger partial charge in [0.1, 0.15) is 0 Å². The predicted octanol–water partition coefficient (Wildman–Crippen LogP) is 3.17. The maximum atomic E-state index is 12.0. The molecular formula is C16H24O3. The van der Waals surface area contributed by atoms with Crippen molar-refractivity contribution in [3.05, 3.63) is 34.9 Å². The van der Waals surface area contributed by atoms with E-state index in [-0.39, 0.29) is 11.9 Å². The van der Waals surface area contributed by atoms with Crippen LogP contribution in [0.1, 0.15) is 43.6 Å². The molecule has 0 aliphatic carbocycles. The zero-order valence-corrected chi connectivity index (χ0v) is 12.4. The fraction of sp³-hybridized carbons (Fsp3) is 0.562. The Morgan fingerprint density at radius 1 is 1.26 bits per heavy atom. The van der Waals surface area contributed by atoms with E-state index in [4.69, 9.17) is 4.74 Å². The first-order chi connectivity index (χ1) is 8.90. The molecule has 106 valence electrons. The summed E-state index contributed by atoms with van der Waals surface area (Å²) >= 11 is 0. The van der Waals surface area contributed by atoms with E-state index in [2.05, 4.69) is 0 Å². The topological polar surface area (TPSA) is 46.5 Å². The van der Waals surface area contributed by atoms with E-state index >= 15 is 0 Å². The van der Waals surface area contributed by atoms with E-state index in [0.29, 0.717) is 6.61 Å². The molecular weight excluding hydrogens is 240 g/mol. The second-order valence-electron chi connectivity index (χ2n) is 5.27. The van der Waals surface area contributed by atoms with Crippen molar-refractivity contribution in [1.29, 1.82) is 0 Å². The summed E-state index contributed by atoms with van der Waals surface area (Å²) in [7, 11) is 0. The summed E-state index contributed by atoms with van der Waals surface area (Å²) in [5.41, 5.74) is 2.85. The molecule has 0 amide bonds. The first kappa shape index (κ1) is 15.7. The Labute approximate surface area is 115 Å². The van der Waals surface area contributed by atoms with Crippen LogP contribution in [0, 0.1) is 25.7 Å². The first-order valence-electron chi connectivity index (χ1n) is 6.80. The Bertz CT molecular complexity index is 417. The van der Waals surface area contributed by atoms with Gasteiger partial charge in [0.25, 0.3) is 0 Å². The minimum Gasteiger partial charge on any atom is -0.466 e. The number of aliphatic hydroxyl groups is 1.